The fourth-order valence-electron chi connectivity index (χ4n) is 2.47. The number of rotatable bonds is 5. The molecule has 0 saturated heterocycles. The highest BCUT2D eigenvalue weighted by Crippen LogP contribution is 2.32. The van der Waals surface area contributed by atoms with E-state index in [1.807, 2.05) is 6.92 Å². The largest absolute Gasteiger partial charge is 0.466 e. The van der Waals surface area contributed by atoms with Gasteiger partial charge >= 0.3 is 11.8 Å². The average Bonchev–Trinajstić information content (AvgIpc) is 3.36. The van der Waals surface area contributed by atoms with Crippen LogP contribution in [0.4, 0.5) is 5.69 Å². The first-order chi connectivity index (χ1) is 12.9. The number of hydrogen-bond acceptors (Lipinski definition) is 5. The highest BCUT2D eigenvalue weighted by atomic mass is 35.5. The molecule has 3 N–H and O–H groups in total. The number of nitrogens with one attached hydrogen (secondary N) is 2. The van der Waals surface area contributed by atoms with Gasteiger partial charge in [-0.1, -0.05) is 23.7 Å². The molecule has 2 heterocycles. The van der Waals surface area contributed by atoms with Crippen molar-refractivity contribution in [3.8, 4) is 0 Å². The van der Waals surface area contributed by atoms with Gasteiger partial charge in [0, 0.05) is 15.6 Å². The lowest BCUT2D eigenvalue weighted by Crippen LogP contribution is -2.44. The molecule has 1 unspecified atom stereocenters. The van der Waals surface area contributed by atoms with Crippen LogP contribution in [-0.4, -0.2) is 23.5 Å². The number of hydrogen-bond donors (Lipinski definition) is 3. The number of furan rings is 1. The highest BCUT2D eigenvalue weighted by Gasteiger charge is 2.36. The van der Waals surface area contributed by atoms with Crippen molar-refractivity contribution in [3.63, 3.8) is 0 Å². The Balaban J connectivity index is 1.69. The summed E-state index contributed by atoms with van der Waals surface area (Å²) in [6.45, 7) is 1.61. The van der Waals surface area contributed by atoms with Crippen LogP contribution in [0.2, 0.25) is 5.02 Å². The van der Waals surface area contributed by atoms with Gasteiger partial charge in [0.15, 0.2) is 5.60 Å². The molecule has 3 aromatic rings. The van der Waals surface area contributed by atoms with E-state index in [2.05, 4.69) is 10.6 Å². The summed E-state index contributed by atoms with van der Waals surface area (Å²) in [7, 11) is 0. The van der Waals surface area contributed by atoms with Crippen molar-refractivity contribution in [1.82, 2.24) is 5.32 Å². The Morgan fingerprint density at radius 2 is 2.04 bits per heavy atom. The van der Waals surface area contributed by atoms with Gasteiger partial charge in [-0.15, -0.1) is 11.3 Å². The predicted octanol–water partition coefficient (Wildman–Crippen LogP) is 3.29. The molecule has 3 rings (SSSR count). The number of anilines is 1. The van der Waals surface area contributed by atoms with E-state index in [0.717, 1.165) is 5.56 Å². The number of benzene rings is 1. The number of halogens is 1. The predicted molar refractivity (Wildman–Crippen MR) is 104 cm³/mol. The number of carbonyl (C=O) groups excluding carboxylic acids is 2. The Morgan fingerprint density at radius 3 is 2.67 bits per heavy atom. The van der Waals surface area contributed by atoms with Crippen molar-refractivity contribution < 1.29 is 19.1 Å². The summed E-state index contributed by atoms with van der Waals surface area (Å²) in [5.41, 5.74) is -0.301. The van der Waals surface area contributed by atoms with Crippen LogP contribution < -0.4 is 10.6 Å². The van der Waals surface area contributed by atoms with Crippen molar-refractivity contribution in [1.29, 1.82) is 0 Å². The normalized spacial score (nSPS) is 13.0. The zero-order valence-corrected chi connectivity index (χ0v) is 15.9. The molecule has 2 aromatic heterocycles. The van der Waals surface area contributed by atoms with Crippen molar-refractivity contribution >= 4 is 40.4 Å². The minimum Gasteiger partial charge on any atom is -0.466 e. The molecule has 0 aliphatic carbocycles. The second-order valence-electron chi connectivity index (χ2n) is 5.92. The third-order valence-corrected chi connectivity index (χ3v) is 5.43. The summed E-state index contributed by atoms with van der Waals surface area (Å²) in [5.74, 6) is -1.47. The molecule has 0 spiro atoms. The first-order valence-electron chi connectivity index (χ1n) is 8.06. The Morgan fingerprint density at radius 1 is 1.22 bits per heavy atom. The zero-order valence-electron chi connectivity index (χ0n) is 14.4. The SMILES string of the molecule is Cc1ccc(NC(=O)C(=O)NCC(O)(c2ccco2)c2cccs2)cc1Cl. The Bertz CT molecular complexity index is 905. The van der Waals surface area contributed by atoms with Crippen LogP contribution in [0.1, 0.15) is 16.2 Å². The maximum absolute atomic E-state index is 12.2. The Labute approximate surface area is 164 Å². The lowest BCUT2D eigenvalue weighted by atomic mass is 9.98. The van der Waals surface area contributed by atoms with E-state index >= 15 is 0 Å². The van der Waals surface area contributed by atoms with Gasteiger partial charge in [-0.3, -0.25) is 9.59 Å². The molecule has 6 nitrogen and oxygen atoms in total. The van der Waals surface area contributed by atoms with Crippen LogP contribution in [0.3, 0.4) is 0 Å². The highest BCUT2D eigenvalue weighted by molar-refractivity contribution is 7.10. The molecule has 0 bridgehead atoms. The van der Waals surface area contributed by atoms with Crippen molar-refractivity contribution in [2.24, 2.45) is 0 Å². The second kappa shape index (κ2) is 7.96. The lowest BCUT2D eigenvalue weighted by Gasteiger charge is -2.25. The molecule has 0 fully saturated rings. The van der Waals surface area contributed by atoms with Crippen molar-refractivity contribution in [2.75, 3.05) is 11.9 Å². The van der Waals surface area contributed by atoms with Gasteiger partial charge in [0.05, 0.1) is 12.8 Å². The number of aryl methyl sites for hydroxylation is 1. The van der Waals surface area contributed by atoms with E-state index in [0.29, 0.717) is 15.6 Å². The van der Waals surface area contributed by atoms with E-state index in [1.54, 1.807) is 47.8 Å². The third-order valence-electron chi connectivity index (χ3n) is 4.00. The first-order valence-corrected chi connectivity index (χ1v) is 9.31. The van der Waals surface area contributed by atoms with E-state index in [4.69, 9.17) is 16.0 Å². The van der Waals surface area contributed by atoms with Crippen LogP contribution in [0.5, 0.6) is 0 Å². The molecule has 2 amide bonds. The summed E-state index contributed by atoms with van der Waals surface area (Å²) in [6.07, 6.45) is 1.43. The van der Waals surface area contributed by atoms with Gasteiger partial charge in [0.1, 0.15) is 5.76 Å². The number of amides is 2. The number of carbonyl (C=O) groups is 2. The van der Waals surface area contributed by atoms with E-state index in [1.165, 1.54) is 17.6 Å². The smallest absolute Gasteiger partial charge is 0.313 e. The molecule has 1 aromatic carbocycles. The molecular weight excluding hydrogens is 388 g/mol. The van der Waals surface area contributed by atoms with Crippen molar-refractivity contribution in [2.45, 2.75) is 12.5 Å². The van der Waals surface area contributed by atoms with Gasteiger partial charge in [-0.25, -0.2) is 0 Å². The van der Waals surface area contributed by atoms with Crippen LogP contribution in [-0.2, 0) is 15.2 Å². The average molecular weight is 405 g/mol. The molecule has 8 heteroatoms. The first kappa shape index (κ1) is 19.2. The molecule has 0 aliphatic heterocycles. The summed E-state index contributed by atoms with van der Waals surface area (Å²) >= 11 is 7.34. The summed E-state index contributed by atoms with van der Waals surface area (Å²) in [6, 6.07) is 11.7. The fraction of sp³-hybridized carbons (Fsp3) is 0.158. The second-order valence-corrected chi connectivity index (χ2v) is 7.27. The number of aliphatic hydroxyl groups is 1. The van der Waals surface area contributed by atoms with Crippen molar-refractivity contribution in [3.05, 3.63) is 75.3 Å². The molecule has 140 valence electrons. The van der Waals surface area contributed by atoms with Crippen LogP contribution in [0.15, 0.2) is 58.5 Å². The number of thiophene rings is 1. The lowest BCUT2D eigenvalue weighted by molar-refractivity contribution is -0.136. The van der Waals surface area contributed by atoms with Gasteiger partial charge < -0.3 is 20.2 Å². The maximum Gasteiger partial charge on any atom is 0.313 e. The standard InChI is InChI=1S/C19H17ClN2O4S/c1-12-6-7-13(10-14(12)20)22-18(24)17(23)21-11-19(25,15-4-2-8-26-15)16-5-3-9-27-16/h2-10,25H,11H2,1H3,(H,21,23)(H,22,24). The summed E-state index contributed by atoms with van der Waals surface area (Å²) in [5, 5.41) is 18.3. The fourth-order valence-corrected chi connectivity index (χ4v) is 3.48. The third kappa shape index (κ3) is 4.21. The maximum atomic E-state index is 12.2. The van der Waals surface area contributed by atoms with E-state index in [-0.39, 0.29) is 12.3 Å². The molecule has 0 aliphatic rings. The van der Waals surface area contributed by atoms with Gasteiger partial charge in [0.2, 0.25) is 0 Å². The quantitative estimate of drug-likeness (QED) is 0.569. The summed E-state index contributed by atoms with van der Waals surface area (Å²) in [4.78, 5) is 24.9. The van der Waals surface area contributed by atoms with Gasteiger partial charge in [-0.05, 0) is 48.2 Å². The summed E-state index contributed by atoms with van der Waals surface area (Å²) < 4.78 is 5.33. The monoisotopic (exact) mass is 404 g/mol. The van der Waals surface area contributed by atoms with Crippen LogP contribution in [0, 0.1) is 6.92 Å². The Hall–Kier alpha value is -2.61. The zero-order chi connectivity index (χ0) is 19.4. The topological polar surface area (TPSA) is 91.6 Å². The van der Waals surface area contributed by atoms with Crippen LogP contribution in [0.25, 0.3) is 0 Å². The molecule has 27 heavy (non-hydrogen) atoms. The van der Waals surface area contributed by atoms with E-state index < -0.39 is 17.4 Å². The van der Waals surface area contributed by atoms with Gasteiger partial charge in [0.25, 0.3) is 0 Å². The molecular formula is C19H17ClN2O4S. The minimum atomic E-state index is -1.57. The van der Waals surface area contributed by atoms with Gasteiger partial charge in [-0.2, -0.15) is 0 Å². The molecule has 0 radical (unpaired) electrons. The van der Waals surface area contributed by atoms with Crippen LogP contribution >= 0.6 is 22.9 Å². The molecule has 0 saturated carbocycles. The van der Waals surface area contributed by atoms with E-state index in [9.17, 15) is 14.7 Å². The molecule has 1 atom stereocenters. The Kier molecular flexibility index (Phi) is 5.65. The minimum absolute atomic E-state index is 0.220.